The first-order chi connectivity index (χ1) is 19.7. The molecule has 11 nitrogen and oxygen atoms in total. The number of aliphatic hydroxyl groups excluding tert-OH is 1. The second-order valence-corrected chi connectivity index (χ2v) is 9.24. The Kier molecular flexibility index (Phi) is 7.85. The monoisotopic (exact) mass is 571 g/mol. The number of benzene rings is 2. The highest BCUT2D eigenvalue weighted by atomic mass is 19.4. The van der Waals surface area contributed by atoms with Crippen molar-refractivity contribution >= 4 is 11.8 Å². The van der Waals surface area contributed by atoms with Crippen molar-refractivity contribution in [3.05, 3.63) is 65.7 Å². The van der Waals surface area contributed by atoms with Crippen molar-refractivity contribution in [1.29, 1.82) is 0 Å². The van der Waals surface area contributed by atoms with Crippen LogP contribution in [0.2, 0.25) is 0 Å². The zero-order chi connectivity index (χ0) is 29.1. The van der Waals surface area contributed by atoms with Gasteiger partial charge in [0.15, 0.2) is 6.10 Å². The molecule has 2 aromatic heterocycles. The number of ether oxygens (including phenoxy) is 1. The van der Waals surface area contributed by atoms with Gasteiger partial charge in [0.05, 0.1) is 6.10 Å². The van der Waals surface area contributed by atoms with E-state index in [1.54, 1.807) is 30.2 Å². The van der Waals surface area contributed by atoms with Crippen LogP contribution in [0.3, 0.4) is 0 Å². The Balaban J connectivity index is 1.24. The van der Waals surface area contributed by atoms with E-state index in [9.17, 15) is 27.9 Å². The van der Waals surface area contributed by atoms with E-state index in [0.29, 0.717) is 18.7 Å². The lowest BCUT2D eigenvalue weighted by Gasteiger charge is -2.38. The summed E-state index contributed by atoms with van der Waals surface area (Å²) in [6, 6.07) is 13.6. The van der Waals surface area contributed by atoms with Gasteiger partial charge in [0.2, 0.25) is 17.5 Å². The average Bonchev–Trinajstić information content (AvgIpc) is 3.60. The van der Waals surface area contributed by atoms with Crippen LogP contribution in [0.5, 0.6) is 0 Å². The Labute approximate surface area is 230 Å². The lowest BCUT2D eigenvalue weighted by Crippen LogP contribution is -2.54. The number of likely N-dealkylation sites (tertiary alicyclic amines) is 1. The van der Waals surface area contributed by atoms with E-state index in [4.69, 9.17) is 13.8 Å². The molecule has 0 aliphatic carbocycles. The summed E-state index contributed by atoms with van der Waals surface area (Å²) in [5, 5.41) is 20.3. The number of nitrogens with one attached hydrogen (secondary N) is 1. The molecule has 5 rings (SSSR count). The van der Waals surface area contributed by atoms with Crippen LogP contribution in [-0.4, -0.2) is 70.0 Å². The van der Waals surface area contributed by atoms with Crippen molar-refractivity contribution < 1.29 is 41.6 Å². The summed E-state index contributed by atoms with van der Waals surface area (Å²) >= 11 is 0. The normalized spacial score (nSPS) is 14.5. The zero-order valence-electron chi connectivity index (χ0n) is 21.6. The minimum absolute atomic E-state index is 0.0318. The van der Waals surface area contributed by atoms with Crippen molar-refractivity contribution in [1.82, 2.24) is 25.5 Å². The first-order valence-electron chi connectivity index (χ1n) is 12.5. The predicted octanol–water partition coefficient (Wildman–Crippen LogP) is 3.47. The van der Waals surface area contributed by atoms with Crippen LogP contribution in [0.1, 0.15) is 23.7 Å². The van der Waals surface area contributed by atoms with Crippen LogP contribution in [0.25, 0.3) is 34.3 Å². The number of hydrogen-bond donors (Lipinski definition) is 2. The van der Waals surface area contributed by atoms with Crippen LogP contribution in [-0.2, 0) is 20.5 Å². The van der Waals surface area contributed by atoms with E-state index < -0.39 is 41.1 Å². The van der Waals surface area contributed by atoms with Crippen molar-refractivity contribution in [2.75, 3.05) is 26.7 Å². The molecule has 3 heterocycles. The fraction of sp³-hybridized carbons (Fsp3) is 0.296. The quantitative estimate of drug-likeness (QED) is 0.309. The molecule has 1 unspecified atom stereocenters. The molecule has 0 saturated carbocycles. The number of carbonyl (C=O) groups excluding carboxylic acids is 2. The van der Waals surface area contributed by atoms with Crippen LogP contribution in [0.15, 0.2) is 63.6 Å². The molecule has 2 aromatic carbocycles. The molecule has 1 aliphatic rings. The molecule has 0 radical (unpaired) electrons. The summed E-state index contributed by atoms with van der Waals surface area (Å²) in [5.41, 5.74) is -0.754. The molecule has 41 heavy (non-hydrogen) atoms. The van der Waals surface area contributed by atoms with E-state index in [1.165, 1.54) is 36.4 Å². The molecule has 1 fully saturated rings. The van der Waals surface area contributed by atoms with Gasteiger partial charge in [-0.05, 0) is 5.56 Å². The number of nitrogens with zero attached hydrogens (tertiary/aromatic N) is 4. The summed E-state index contributed by atoms with van der Waals surface area (Å²) in [6.07, 6.45) is -6.21. The van der Waals surface area contributed by atoms with Gasteiger partial charge in [0.25, 0.3) is 11.8 Å². The number of hydrogen-bond acceptors (Lipinski definition) is 9. The molecule has 2 amide bonds. The maximum absolute atomic E-state index is 14.0. The number of aliphatic hydroxyl groups is 1. The average molecular weight is 572 g/mol. The maximum atomic E-state index is 14.0. The van der Waals surface area contributed by atoms with E-state index in [2.05, 4.69) is 20.6 Å². The third-order valence-electron chi connectivity index (χ3n) is 6.55. The number of alkyl halides is 3. The van der Waals surface area contributed by atoms with Crippen molar-refractivity contribution in [2.24, 2.45) is 0 Å². The Morgan fingerprint density at radius 3 is 2.44 bits per heavy atom. The van der Waals surface area contributed by atoms with Crippen molar-refractivity contribution in [2.45, 2.75) is 24.8 Å². The molecular formula is C27H24F3N5O6. The summed E-state index contributed by atoms with van der Waals surface area (Å²) in [4.78, 5) is 30.1. The maximum Gasteiger partial charge on any atom is 0.422 e. The van der Waals surface area contributed by atoms with Gasteiger partial charge in [-0.1, -0.05) is 64.9 Å². The number of amides is 2. The van der Waals surface area contributed by atoms with E-state index >= 15 is 0 Å². The molecular weight excluding hydrogens is 547 g/mol. The van der Waals surface area contributed by atoms with E-state index in [0.717, 1.165) is 0 Å². The first kappa shape index (κ1) is 28.0. The minimum atomic E-state index is -4.82. The molecule has 1 saturated heterocycles. The van der Waals surface area contributed by atoms with Gasteiger partial charge in [-0.2, -0.15) is 18.2 Å². The summed E-state index contributed by atoms with van der Waals surface area (Å²) in [6.45, 7) is 1.08. The predicted molar refractivity (Wildman–Crippen MR) is 136 cm³/mol. The lowest BCUT2D eigenvalue weighted by molar-refractivity contribution is -0.143. The fourth-order valence-electron chi connectivity index (χ4n) is 4.23. The topological polar surface area (TPSA) is 144 Å². The van der Waals surface area contributed by atoms with Crippen molar-refractivity contribution in [3.63, 3.8) is 0 Å². The molecule has 214 valence electrons. The summed E-state index contributed by atoms with van der Waals surface area (Å²) in [5.74, 6) is -2.09. The standard InChI is InChI=1S/C27H24F3N5O6/c1-39-18-13-35(14-18)19(36)11-12-31-25(38)22(37)16-7-9-17(10-8-16)24-32-26(41-34-24)23-20(27(28,29)30)21(33-40-23)15-5-3-2-4-6-15/h2-10,18,22,37H,11-14H2,1H3,(H,31,38). The highest BCUT2D eigenvalue weighted by Gasteiger charge is 2.43. The van der Waals surface area contributed by atoms with Gasteiger partial charge in [0.1, 0.15) is 11.3 Å². The number of aromatic nitrogens is 3. The van der Waals surface area contributed by atoms with Gasteiger partial charge >= 0.3 is 6.18 Å². The Morgan fingerprint density at radius 1 is 1.07 bits per heavy atom. The molecule has 4 aromatic rings. The van der Waals surface area contributed by atoms with Crippen LogP contribution in [0.4, 0.5) is 13.2 Å². The number of halogens is 3. The van der Waals surface area contributed by atoms with E-state index in [-0.39, 0.29) is 41.9 Å². The fourth-order valence-corrected chi connectivity index (χ4v) is 4.23. The highest BCUT2D eigenvalue weighted by Crippen LogP contribution is 2.43. The first-order valence-corrected chi connectivity index (χ1v) is 12.5. The van der Waals surface area contributed by atoms with Gasteiger partial charge in [-0.25, -0.2) is 0 Å². The number of carbonyl (C=O) groups is 2. The molecule has 2 N–H and O–H groups in total. The summed E-state index contributed by atoms with van der Waals surface area (Å²) in [7, 11) is 1.58. The van der Waals surface area contributed by atoms with E-state index in [1.807, 2.05) is 0 Å². The molecule has 14 heteroatoms. The molecule has 1 aliphatic heterocycles. The SMILES string of the molecule is COC1CN(C(=O)CCNC(=O)C(O)c2ccc(-c3noc(-c4onc(-c5ccccc5)c4C(F)(F)F)n3)cc2)C1. The third-order valence-corrected chi connectivity index (χ3v) is 6.55. The zero-order valence-corrected chi connectivity index (χ0v) is 21.6. The summed E-state index contributed by atoms with van der Waals surface area (Å²) < 4.78 is 57.1. The second kappa shape index (κ2) is 11.5. The number of methoxy groups -OCH3 is 1. The largest absolute Gasteiger partial charge is 0.422 e. The second-order valence-electron chi connectivity index (χ2n) is 9.24. The Bertz CT molecular complexity index is 1510. The van der Waals surface area contributed by atoms with Crippen LogP contribution < -0.4 is 5.32 Å². The van der Waals surface area contributed by atoms with Gasteiger partial charge in [-0.3, -0.25) is 9.59 Å². The van der Waals surface area contributed by atoms with Gasteiger partial charge in [0, 0.05) is 44.3 Å². The lowest BCUT2D eigenvalue weighted by atomic mass is 10.1. The van der Waals surface area contributed by atoms with Crippen LogP contribution in [0, 0.1) is 0 Å². The molecule has 0 bridgehead atoms. The number of rotatable bonds is 9. The van der Waals surface area contributed by atoms with Crippen LogP contribution >= 0.6 is 0 Å². The Hall–Kier alpha value is -4.56. The smallest absolute Gasteiger partial charge is 0.378 e. The Morgan fingerprint density at radius 2 is 1.78 bits per heavy atom. The third kappa shape index (κ3) is 5.98. The molecule has 1 atom stereocenters. The van der Waals surface area contributed by atoms with Gasteiger partial charge < -0.3 is 29.1 Å². The highest BCUT2D eigenvalue weighted by molar-refractivity contribution is 5.83. The van der Waals surface area contributed by atoms with Gasteiger partial charge in [-0.15, -0.1) is 0 Å². The molecule has 0 spiro atoms. The minimum Gasteiger partial charge on any atom is -0.378 e. The van der Waals surface area contributed by atoms with Crippen molar-refractivity contribution in [3.8, 4) is 34.3 Å².